The first kappa shape index (κ1) is 9.39. The summed E-state index contributed by atoms with van der Waals surface area (Å²) in [6.45, 7) is 1.50. The van der Waals surface area contributed by atoms with Crippen molar-refractivity contribution < 1.29 is 9.53 Å². The smallest absolute Gasteiger partial charge is 0.245 e. The van der Waals surface area contributed by atoms with Crippen LogP contribution in [0.4, 0.5) is 0 Å². The van der Waals surface area contributed by atoms with Gasteiger partial charge in [-0.15, -0.1) is 0 Å². The Bertz CT molecular complexity index is 95.7. The monoisotopic (exact) mass is 146 g/mol. The highest BCUT2D eigenvalue weighted by Crippen LogP contribution is 1.71. The third-order valence-electron chi connectivity index (χ3n) is 1.01. The molecule has 2 N–H and O–H groups in total. The van der Waals surface area contributed by atoms with Gasteiger partial charge in [0.25, 0.3) is 0 Å². The van der Waals surface area contributed by atoms with E-state index in [4.69, 9.17) is 4.74 Å². The number of carbonyl (C=O) groups is 1. The minimum Gasteiger partial charge on any atom is -0.370 e. The maximum Gasteiger partial charge on any atom is 0.245 e. The standard InChI is InChI=1S/C6H14N2O2/c1-7-3-4-10-5-6(9)8-2/h7H,3-5H2,1-2H3,(H,8,9). The molecule has 0 aromatic rings. The molecule has 0 aliphatic heterocycles. The third-order valence-corrected chi connectivity index (χ3v) is 1.01. The molecule has 0 atom stereocenters. The first-order valence-corrected chi connectivity index (χ1v) is 3.24. The number of likely N-dealkylation sites (N-methyl/N-ethyl adjacent to an activating group) is 2. The van der Waals surface area contributed by atoms with Crippen molar-refractivity contribution in [2.75, 3.05) is 33.9 Å². The van der Waals surface area contributed by atoms with E-state index < -0.39 is 0 Å². The lowest BCUT2D eigenvalue weighted by Gasteiger charge is -2.01. The Labute approximate surface area is 60.9 Å². The SMILES string of the molecule is CNCCOCC(=O)NC. The molecule has 1 amide bonds. The lowest BCUT2D eigenvalue weighted by atomic mass is 10.6. The minimum atomic E-state index is -0.0869. The molecule has 0 heterocycles. The van der Waals surface area contributed by atoms with Crippen LogP contribution in [0.15, 0.2) is 0 Å². The highest BCUT2D eigenvalue weighted by atomic mass is 16.5. The van der Waals surface area contributed by atoms with Crippen LogP contribution in [-0.2, 0) is 9.53 Å². The maximum absolute atomic E-state index is 10.5. The molecule has 4 nitrogen and oxygen atoms in total. The van der Waals surface area contributed by atoms with Crippen LogP contribution in [0.5, 0.6) is 0 Å². The van der Waals surface area contributed by atoms with E-state index in [1.54, 1.807) is 7.05 Å². The highest BCUT2D eigenvalue weighted by molar-refractivity contribution is 5.76. The zero-order chi connectivity index (χ0) is 7.82. The molecule has 0 bridgehead atoms. The van der Waals surface area contributed by atoms with Crippen molar-refractivity contribution in [3.05, 3.63) is 0 Å². The molecule has 0 radical (unpaired) electrons. The van der Waals surface area contributed by atoms with Crippen LogP contribution in [0, 0.1) is 0 Å². The van der Waals surface area contributed by atoms with Crippen molar-refractivity contribution in [2.24, 2.45) is 0 Å². The second kappa shape index (κ2) is 6.51. The number of ether oxygens (including phenoxy) is 1. The molecule has 10 heavy (non-hydrogen) atoms. The Balaban J connectivity index is 2.96. The van der Waals surface area contributed by atoms with Crippen LogP contribution in [0.1, 0.15) is 0 Å². The topological polar surface area (TPSA) is 50.4 Å². The molecule has 0 unspecified atom stereocenters. The van der Waals surface area contributed by atoms with Gasteiger partial charge in [-0.3, -0.25) is 4.79 Å². The molecule has 0 spiro atoms. The van der Waals surface area contributed by atoms with Gasteiger partial charge in [-0.05, 0) is 7.05 Å². The quantitative estimate of drug-likeness (QED) is 0.487. The largest absolute Gasteiger partial charge is 0.370 e. The van der Waals surface area contributed by atoms with E-state index in [2.05, 4.69) is 10.6 Å². The van der Waals surface area contributed by atoms with Crippen LogP contribution in [-0.4, -0.2) is 39.8 Å². The summed E-state index contributed by atoms with van der Waals surface area (Å²) in [6.07, 6.45) is 0. The van der Waals surface area contributed by atoms with Crippen molar-refractivity contribution in [2.45, 2.75) is 0 Å². The van der Waals surface area contributed by atoms with Crippen LogP contribution in [0.3, 0.4) is 0 Å². The first-order chi connectivity index (χ1) is 4.81. The summed E-state index contributed by atoms with van der Waals surface area (Å²) in [4.78, 5) is 10.5. The zero-order valence-electron chi connectivity index (χ0n) is 6.44. The van der Waals surface area contributed by atoms with Crippen molar-refractivity contribution in [1.82, 2.24) is 10.6 Å². The van der Waals surface area contributed by atoms with Gasteiger partial charge in [-0.25, -0.2) is 0 Å². The molecule has 0 saturated heterocycles. The third kappa shape index (κ3) is 5.53. The lowest BCUT2D eigenvalue weighted by Crippen LogP contribution is -2.25. The van der Waals surface area contributed by atoms with Crippen molar-refractivity contribution in [3.8, 4) is 0 Å². The average Bonchev–Trinajstić information content (AvgIpc) is 1.98. The van der Waals surface area contributed by atoms with E-state index in [0.717, 1.165) is 6.54 Å². The summed E-state index contributed by atoms with van der Waals surface area (Å²) in [7, 11) is 3.42. The molecular weight excluding hydrogens is 132 g/mol. The van der Waals surface area contributed by atoms with Crippen LogP contribution < -0.4 is 10.6 Å². The highest BCUT2D eigenvalue weighted by Gasteiger charge is 1.94. The van der Waals surface area contributed by atoms with Crippen molar-refractivity contribution in [1.29, 1.82) is 0 Å². The van der Waals surface area contributed by atoms with Gasteiger partial charge in [0.15, 0.2) is 0 Å². The number of hydrogen-bond acceptors (Lipinski definition) is 3. The fraction of sp³-hybridized carbons (Fsp3) is 0.833. The molecule has 60 valence electrons. The van der Waals surface area contributed by atoms with Gasteiger partial charge in [0, 0.05) is 13.6 Å². The predicted octanol–water partition coefficient (Wildman–Crippen LogP) is -1.03. The Kier molecular flexibility index (Phi) is 6.11. The summed E-state index contributed by atoms with van der Waals surface area (Å²) in [5.74, 6) is -0.0869. The molecule has 0 saturated carbocycles. The number of rotatable bonds is 5. The number of nitrogens with one attached hydrogen (secondary N) is 2. The summed E-state index contributed by atoms with van der Waals surface area (Å²) < 4.78 is 4.95. The Hall–Kier alpha value is -0.610. The van der Waals surface area contributed by atoms with Gasteiger partial charge < -0.3 is 15.4 Å². The van der Waals surface area contributed by atoms with E-state index in [1.807, 2.05) is 7.05 Å². The molecule has 0 aromatic heterocycles. The molecule has 0 aliphatic rings. The van der Waals surface area contributed by atoms with Crippen molar-refractivity contribution in [3.63, 3.8) is 0 Å². The van der Waals surface area contributed by atoms with Gasteiger partial charge in [-0.1, -0.05) is 0 Å². The van der Waals surface area contributed by atoms with E-state index in [9.17, 15) is 4.79 Å². The molecule has 4 heteroatoms. The Morgan fingerprint density at radius 3 is 2.70 bits per heavy atom. The zero-order valence-corrected chi connectivity index (χ0v) is 6.44. The van der Waals surface area contributed by atoms with E-state index in [-0.39, 0.29) is 12.5 Å². The van der Waals surface area contributed by atoms with Gasteiger partial charge in [-0.2, -0.15) is 0 Å². The second-order valence-electron chi connectivity index (χ2n) is 1.83. The summed E-state index contributed by atoms with van der Waals surface area (Å²) in [5.41, 5.74) is 0. The molecule has 0 aliphatic carbocycles. The normalized spacial score (nSPS) is 9.40. The molecule has 0 rings (SSSR count). The average molecular weight is 146 g/mol. The number of carbonyl (C=O) groups excluding carboxylic acids is 1. The number of amides is 1. The number of hydrogen-bond donors (Lipinski definition) is 2. The summed E-state index contributed by atoms with van der Waals surface area (Å²) in [5, 5.41) is 5.36. The van der Waals surface area contributed by atoms with Gasteiger partial charge in [0.05, 0.1) is 6.61 Å². The summed E-state index contributed by atoms with van der Waals surface area (Å²) in [6, 6.07) is 0. The van der Waals surface area contributed by atoms with E-state index in [1.165, 1.54) is 0 Å². The fourth-order valence-electron chi connectivity index (χ4n) is 0.411. The molecular formula is C6H14N2O2. The van der Waals surface area contributed by atoms with E-state index in [0.29, 0.717) is 6.61 Å². The van der Waals surface area contributed by atoms with Crippen LogP contribution >= 0.6 is 0 Å². The van der Waals surface area contributed by atoms with Crippen LogP contribution in [0.2, 0.25) is 0 Å². The summed E-state index contributed by atoms with van der Waals surface area (Å²) >= 11 is 0. The van der Waals surface area contributed by atoms with Gasteiger partial charge >= 0.3 is 0 Å². The molecule has 0 aromatic carbocycles. The maximum atomic E-state index is 10.5. The second-order valence-corrected chi connectivity index (χ2v) is 1.83. The van der Waals surface area contributed by atoms with E-state index >= 15 is 0 Å². The lowest BCUT2D eigenvalue weighted by molar-refractivity contribution is -0.125. The molecule has 0 fully saturated rings. The Morgan fingerprint density at radius 2 is 2.20 bits per heavy atom. The minimum absolute atomic E-state index is 0.0869. The first-order valence-electron chi connectivity index (χ1n) is 3.24. The Morgan fingerprint density at radius 1 is 1.50 bits per heavy atom. The van der Waals surface area contributed by atoms with Crippen molar-refractivity contribution >= 4 is 5.91 Å². The predicted molar refractivity (Wildman–Crippen MR) is 38.8 cm³/mol. The van der Waals surface area contributed by atoms with Gasteiger partial charge in [0.2, 0.25) is 5.91 Å². The van der Waals surface area contributed by atoms with Crippen LogP contribution in [0.25, 0.3) is 0 Å². The van der Waals surface area contributed by atoms with Gasteiger partial charge in [0.1, 0.15) is 6.61 Å². The fourth-order valence-corrected chi connectivity index (χ4v) is 0.411.